The third-order valence-corrected chi connectivity index (χ3v) is 7.34. The number of benzene rings is 2. The molecule has 2 aromatic carbocycles. The van der Waals surface area contributed by atoms with Gasteiger partial charge < -0.3 is 24.3 Å². The third kappa shape index (κ3) is 3.83. The fourth-order valence-corrected chi connectivity index (χ4v) is 5.48. The Balaban J connectivity index is 1.24. The van der Waals surface area contributed by atoms with E-state index in [0.717, 1.165) is 59.7 Å². The fourth-order valence-electron chi connectivity index (χ4n) is 5.48. The SMILES string of the molecule is C=C1COCCN1c1ccc(-c2cccc3cc(C(=O)N[C@H]4CN5CCC4CC5)oc23)cc1. The first-order valence-electron chi connectivity index (χ1n) is 11.8. The van der Waals surface area contributed by atoms with Crippen LogP contribution in [-0.4, -0.2) is 56.2 Å². The molecule has 0 spiro atoms. The Morgan fingerprint density at radius 3 is 2.61 bits per heavy atom. The van der Waals surface area contributed by atoms with Crippen molar-refractivity contribution >= 4 is 22.6 Å². The zero-order valence-electron chi connectivity index (χ0n) is 18.8. The monoisotopic (exact) mass is 443 g/mol. The van der Waals surface area contributed by atoms with Gasteiger partial charge in [0.05, 0.1) is 13.2 Å². The second kappa shape index (κ2) is 8.36. The van der Waals surface area contributed by atoms with Crippen LogP contribution >= 0.6 is 0 Å². The van der Waals surface area contributed by atoms with Crippen LogP contribution in [0.3, 0.4) is 0 Å². The number of nitrogens with zero attached hydrogens (tertiary/aromatic N) is 2. The third-order valence-electron chi connectivity index (χ3n) is 7.34. The van der Waals surface area contributed by atoms with Gasteiger partial charge in [-0.15, -0.1) is 0 Å². The van der Waals surface area contributed by atoms with Crippen LogP contribution in [0.5, 0.6) is 0 Å². The average Bonchev–Trinajstić information content (AvgIpc) is 3.30. The summed E-state index contributed by atoms with van der Waals surface area (Å²) in [6, 6.07) is 16.5. The maximum absolute atomic E-state index is 13.0. The summed E-state index contributed by atoms with van der Waals surface area (Å²) in [7, 11) is 0. The summed E-state index contributed by atoms with van der Waals surface area (Å²) in [6.45, 7) is 9.46. The summed E-state index contributed by atoms with van der Waals surface area (Å²) < 4.78 is 11.6. The van der Waals surface area contributed by atoms with Crippen LogP contribution in [0.25, 0.3) is 22.1 Å². The molecule has 1 N–H and O–H groups in total. The van der Waals surface area contributed by atoms with E-state index < -0.39 is 0 Å². The first-order valence-corrected chi connectivity index (χ1v) is 11.8. The minimum absolute atomic E-state index is 0.114. The number of amides is 1. The van der Waals surface area contributed by atoms with E-state index in [0.29, 0.717) is 24.9 Å². The largest absolute Gasteiger partial charge is 0.450 e. The molecular weight excluding hydrogens is 414 g/mol. The molecule has 1 atom stereocenters. The number of morpholine rings is 1. The number of ether oxygens (including phenoxy) is 1. The van der Waals surface area contributed by atoms with Crippen molar-refractivity contribution in [3.05, 3.63) is 66.6 Å². The molecule has 0 saturated carbocycles. The highest BCUT2D eigenvalue weighted by molar-refractivity contribution is 6.00. The van der Waals surface area contributed by atoms with E-state index >= 15 is 0 Å². The fraction of sp³-hybridized carbons (Fsp3) is 0.370. The summed E-state index contributed by atoms with van der Waals surface area (Å²) in [5.41, 5.74) is 4.88. The van der Waals surface area contributed by atoms with Crippen LogP contribution in [0.2, 0.25) is 0 Å². The molecular formula is C27H29N3O3. The molecule has 1 amide bonds. The molecule has 4 aliphatic rings. The summed E-state index contributed by atoms with van der Waals surface area (Å²) in [5, 5.41) is 4.18. The number of carbonyl (C=O) groups is 1. The van der Waals surface area contributed by atoms with Crippen LogP contribution in [0, 0.1) is 5.92 Å². The average molecular weight is 444 g/mol. The molecule has 0 unspecified atom stereocenters. The first-order chi connectivity index (χ1) is 16.2. The number of carbonyl (C=O) groups excluding carboxylic acids is 1. The van der Waals surface area contributed by atoms with E-state index in [1.165, 1.54) is 12.8 Å². The van der Waals surface area contributed by atoms with Crippen molar-refractivity contribution in [2.75, 3.05) is 44.3 Å². The predicted octanol–water partition coefficient (Wildman–Crippen LogP) is 4.27. The van der Waals surface area contributed by atoms with Crippen LogP contribution in [-0.2, 0) is 4.74 Å². The van der Waals surface area contributed by atoms with Gasteiger partial charge in [0.2, 0.25) is 0 Å². The number of fused-ring (bicyclic) bond motifs is 4. The van der Waals surface area contributed by atoms with Gasteiger partial charge in [-0.25, -0.2) is 0 Å². The van der Waals surface area contributed by atoms with Gasteiger partial charge in [-0.2, -0.15) is 0 Å². The molecule has 0 radical (unpaired) electrons. The van der Waals surface area contributed by atoms with E-state index in [1.807, 2.05) is 24.3 Å². The molecule has 6 heteroatoms. The van der Waals surface area contributed by atoms with Crippen molar-refractivity contribution in [1.82, 2.24) is 10.2 Å². The summed E-state index contributed by atoms with van der Waals surface area (Å²) in [6.07, 6.45) is 2.34. The normalized spacial score (nSPS) is 24.9. The summed E-state index contributed by atoms with van der Waals surface area (Å²) in [4.78, 5) is 17.6. The van der Waals surface area contributed by atoms with Gasteiger partial charge in [-0.05, 0) is 55.6 Å². The van der Waals surface area contributed by atoms with E-state index in [1.54, 1.807) is 0 Å². The minimum Gasteiger partial charge on any atom is -0.450 e. The lowest BCUT2D eigenvalue weighted by Crippen LogP contribution is -2.57. The molecule has 5 heterocycles. The summed E-state index contributed by atoms with van der Waals surface area (Å²) in [5.74, 6) is 0.854. The molecule has 7 rings (SSSR count). The quantitative estimate of drug-likeness (QED) is 0.653. The lowest BCUT2D eigenvalue weighted by Gasteiger charge is -2.44. The van der Waals surface area contributed by atoms with Crippen LogP contribution < -0.4 is 10.2 Å². The number of piperidine rings is 3. The van der Waals surface area contributed by atoms with Gasteiger partial charge in [0, 0.05) is 41.5 Å². The van der Waals surface area contributed by atoms with Crippen LogP contribution in [0.15, 0.2) is 65.2 Å². The predicted molar refractivity (Wildman–Crippen MR) is 129 cm³/mol. The van der Waals surface area contributed by atoms with Crippen LogP contribution in [0.4, 0.5) is 5.69 Å². The number of hydrogen-bond acceptors (Lipinski definition) is 5. The van der Waals surface area contributed by atoms with E-state index in [4.69, 9.17) is 9.15 Å². The standard InChI is InChI=1S/C27H29N3O3/c1-18-17-32-14-13-30(18)22-7-5-19(6-8-22)23-4-2-3-21-15-25(33-26(21)23)27(31)28-24-16-29-11-9-20(24)10-12-29/h2-8,15,20,24H,1,9-14,16-17H2,(H,28,31)/t24-/m0/s1. The second-order valence-corrected chi connectivity index (χ2v) is 9.37. The molecule has 33 heavy (non-hydrogen) atoms. The Morgan fingerprint density at radius 1 is 1.06 bits per heavy atom. The number of para-hydroxylation sites is 1. The highest BCUT2D eigenvalue weighted by Gasteiger charge is 2.35. The van der Waals surface area contributed by atoms with E-state index in [9.17, 15) is 4.79 Å². The highest BCUT2D eigenvalue weighted by atomic mass is 16.5. The smallest absolute Gasteiger partial charge is 0.287 e. The molecule has 3 aromatic rings. The Morgan fingerprint density at radius 2 is 1.88 bits per heavy atom. The molecule has 1 aromatic heterocycles. The molecule has 4 aliphatic heterocycles. The van der Waals surface area contributed by atoms with Gasteiger partial charge in [-0.3, -0.25) is 4.79 Å². The van der Waals surface area contributed by atoms with Crippen molar-refractivity contribution < 1.29 is 13.9 Å². The lowest BCUT2D eigenvalue weighted by molar-refractivity contribution is 0.0607. The maximum atomic E-state index is 13.0. The molecule has 170 valence electrons. The molecule has 4 saturated heterocycles. The second-order valence-electron chi connectivity index (χ2n) is 9.37. The number of hydrogen-bond donors (Lipinski definition) is 1. The number of nitrogens with one attached hydrogen (secondary N) is 1. The molecule has 0 aliphatic carbocycles. The Hall–Kier alpha value is -3.09. The van der Waals surface area contributed by atoms with Gasteiger partial charge in [0.1, 0.15) is 5.58 Å². The molecule has 6 nitrogen and oxygen atoms in total. The Bertz CT molecular complexity index is 1190. The number of rotatable bonds is 4. The Labute approximate surface area is 193 Å². The molecule has 4 fully saturated rings. The van der Waals surface area contributed by atoms with Crippen molar-refractivity contribution in [2.24, 2.45) is 5.92 Å². The lowest BCUT2D eigenvalue weighted by atomic mass is 9.84. The van der Waals surface area contributed by atoms with Crippen LogP contribution in [0.1, 0.15) is 23.4 Å². The number of anilines is 1. The minimum atomic E-state index is -0.114. The zero-order valence-corrected chi connectivity index (χ0v) is 18.8. The first kappa shape index (κ1) is 20.5. The highest BCUT2D eigenvalue weighted by Crippen LogP contribution is 2.33. The van der Waals surface area contributed by atoms with Crippen molar-refractivity contribution in [1.29, 1.82) is 0 Å². The van der Waals surface area contributed by atoms with E-state index in [2.05, 4.69) is 46.0 Å². The topological polar surface area (TPSA) is 58.0 Å². The maximum Gasteiger partial charge on any atom is 0.287 e. The molecule has 2 bridgehead atoms. The Kier molecular flexibility index (Phi) is 5.19. The van der Waals surface area contributed by atoms with Gasteiger partial charge >= 0.3 is 0 Å². The van der Waals surface area contributed by atoms with Crippen molar-refractivity contribution in [2.45, 2.75) is 18.9 Å². The van der Waals surface area contributed by atoms with E-state index in [-0.39, 0.29) is 11.9 Å². The van der Waals surface area contributed by atoms with Gasteiger partial charge in [-0.1, -0.05) is 36.9 Å². The summed E-state index contributed by atoms with van der Waals surface area (Å²) >= 11 is 0. The zero-order chi connectivity index (χ0) is 22.4. The van der Waals surface area contributed by atoms with Crippen molar-refractivity contribution in [3.8, 4) is 11.1 Å². The van der Waals surface area contributed by atoms with Crippen molar-refractivity contribution in [3.63, 3.8) is 0 Å². The van der Waals surface area contributed by atoms with Gasteiger partial charge in [0.15, 0.2) is 5.76 Å². The van der Waals surface area contributed by atoms with Gasteiger partial charge in [0.25, 0.3) is 5.91 Å². The number of furan rings is 1.